The molecule has 0 radical (unpaired) electrons. The van der Waals surface area contributed by atoms with E-state index in [1.54, 1.807) is 16.9 Å². The summed E-state index contributed by atoms with van der Waals surface area (Å²) in [6.45, 7) is 5.57. The second-order valence-corrected chi connectivity index (χ2v) is 6.12. The van der Waals surface area contributed by atoms with E-state index in [4.69, 9.17) is 0 Å². The zero-order valence-electron chi connectivity index (χ0n) is 13.8. The number of aromatic nitrogens is 3. The summed E-state index contributed by atoms with van der Waals surface area (Å²) in [6, 6.07) is 6.15. The van der Waals surface area contributed by atoms with Gasteiger partial charge in [-0.3, -0.25) is 4.79 Å². The van der Waals surface area contributed by atoms with Crippen molar-refractivity contribution in [1.82, 2.24) is 25.2 Å². The SMILES string of the molecule is CC(c1cccc(F)c1)n1cc(C(=O)NCCN2CCCC2)nn1. The largest absolute Gasteiger partial charge is 0.349 e. The molecular formula is C17H22FN5O. The molecule has 1 aliphatic rings. The zero-order chi connectivity index (χ0) is 16.9. The highest BCUT2D eigenvalue weighted by Gasteiger charge is 2.16. The highest BCUT2D eigenvalue weighted by Crippen LogP contribution is 2.17. The molecule has 7 heteroatoms. The number of amides is 1. The molecule has 128 valence electrons. The zero-order valence-corrected chi connectivity index (χ0v) is 13.8. The first kappa shape index (κ1) is 16.6. The van der Waals surface area contributed by atoms with Gasteiger partial charge < -0.3 is 10.2 Å². The lowest BCUT2D eigenvalue weighted by Gasteiger charge is -2.14. The summed E-state index contributed by atoms with van der Waals surface area (Å²) in [5.74, 6) is -0.522. The van der Waals surface area contributed by atoms with E-state index in [-0.39, 0.29) is 23.5 Å². The van der Waals surface area contributed by atoms with E-state index in [1.165, 1.54) is 25.0 Å². The molecule has 1 N–H and O–H groups in total. The van der Waals surface area contributed by atoms with Gasteiger partial charge >= 0.3 is 0 Å². The molecule has 1 unspecified atom stereocenters. The fourth-order valence-corrected chi connectivity index (χ4v) is 2.91. The van der Waals surface area contributed by atoms with E-state index in [1.807, 2.05) is 13.0 Å². The first-order valence-electron chi connectivity index (χ1n) is 8.31. The molecular weight excluding hydrogens is 309 g/mol. The Morgan fingerprint density at radius 3 is 2.92 bits per heavy atom. The van der Waals surface area contributed by atoms with Crippen molar-refractivity contribution in [3.05, 3.63) is 47.5 Å². The van der Waals surface area contributed by atoms with Crippen LogP contribution in [0.4, 0.5) is 4.39 Å². The van der Waals surface area contributed by atoms with Gasteiger partial charge in [0.05, 0.1) is 12.2 Å². The summed E-state index contributed by atoms with van der Waals surface area (Å²) in [7, 11) is 0. The van der Waals surface area contributed by atoms with E-state index in [0.717, 1.165) is 25.2 Å². The van der Waals surface area contributed by atoms with Crippen LogP contribution >= 0.6 is 0 Å². The van der Waals surface area contributed by atoms with Crippen molar-refractivity contribution in [2.75, 3.05) is 26.2 Å². The molecule has 0 spiro atoms. The van der Waals surface area contributed by atoms with Crippen LogP contribution in [0.25, 0.3) is 0 Å². The molecule has 6 nitrogen and oxygen atoms in total. The van der Waals surface area contributed by atoms with Gasteiger partial charge in [0.1, 0.15) is 5.82 Å². The summed E-state index contributed by atoms with van der Waals surface area (Å²) < 4.78 is 14.9. The van der Waals surface area contributed by atoms with Crippen LogP contribution in [0.15, 0.2) is 30.5 Å². The van der Waals surface area contributed by atoms with Crippen molar-refractivity contribution in [2.45, 2.75) is 25.8 Å². The number of benzene rings is 1. The minimum Gasteiger partial charge on any atom is -0.349 e. The van der Waals surface area contributed by atoms with Gasteiger partial charge in [-0.1, -0.05) is 17.3 Å². The first-order chi connectivity index (χ1) is 11.6. The molecule has 3 rings (SSSR count). The number of hydrogen-bond donors (Lipinski definition) is 1. The van der Waals surface area contributed by atoms with Gasteiger partial charge in [0.15, 0.2) is 5.69 Å². The van der Waals surface area contributed by atoms with Crippen molar-refractivity contribution < 1.29 is 9.18 Å². The van der Waals surface area contributed by atoms with Crippen LogP contribution in [-0.2, 0) is 0 Å². The molecule has 1 fully saturated rings. The quantitative estimate of drug-likeness (QED) is 0.877. The van der Waals surface area contributed by atoms with Gasteiger partial charge in [-0.15, -0.1) is 5.10 Å². The number of nitrogens with zero attached hydrogens (tertiary/aromatic N) is 4. The fraction of sp³-hybridized carbons (Fsp3) is 0.471. The summed E-state index contributed by atoms with van der Waals surface area (Å²) >= 11 is 0. The topological polar surface area (TPSA) is 63.1 Å². The maximum atomic E-state index is 13.3. The van der Waals surface area contributed by atoms with Crippen LogP contribution in [0.5, 0.6) is 0 Å². The molecule has 2 aromatic rings. The van der Waals surface area contributed by atoms with Crippen LogP contribution in [0.1, 0.15) is 41.9 Å². The highest BCUT2D eigenvalue weighted by molar-refractivity contribution is 5.91. The standard InChI is InChI=1S/C17H22FN5O/c1-13(14-5-4-6-15(18)11-14)23-12-16(20-21-23)17(24)19-7-10-22-8-2-3-9-22/h4-6,11-13H,2-3,7-10H2,1H3,(H,19,24). The second kappa shape index (κ2) is 7.53. The van der Waals surface area contributed by atoms with Gasteiger partial charge in [0, 0.05) is 13.1 Å². The molecule has 1 aromatic carbocycles. The summed E-state index contributed by atoms with van der Waals surface area (Å²) in [5, 5.41) is 10.8. The van der Waals surface area contributed by atoms with Crippen LogP contribution in [0.3, 0.4) is 0 Å². The Bertz CT molecular complexity index is 696. The summed E-state index contributed by atoms with van der Waals surface area (Å²) in [5.41, 5.74) is 1.06. The monoisotopic (exact) mass is 331 g/mol. The minimum atomic E-state index is -0.292. The van der Waals surface area contributed by atoms with Gasteiger partial charge in [-0.25, -0.2) is 9.07 Å². The third-order valence-corrected chi connectivity index (χ3v) is 4.38. The molecule has 1 amide bonds. The fourth-order valence-electron chi connectivity index (χ4n) is 2.91. The molecule has 0 aliphatic carbocycles. The van der Waals surface area contributed by atoms with E-state index in [0.29, 0.717) is 6.54 Å². The Hall–Kier alpha value is -2.28. The minimum absolute atomic E-state index is 0.195. The number of hydrogen-bond acceptors (Lipinski definition) is 4. The third-order valence-electron chi connectivity index (χ3n) is 4.38. The Morgan fingerprint density at radius 1 is 1.38 bits per heavy atom. The number of halogens is 1. The first-order valence-corrected chi connectivity index (χ1v) is 8.31. The van der Waals surface area contributed by atoms with Crippen molar-refractivity contribution in [3.8, 4) is 0 Å². The lowest BCUT2D eigenvalue weighted by molar-refractivity contribution is 0.0944. The molecule has 24 heavy (non-hydrogen) atoms. The average molecular weight is 331 g/mol. The molecule has 1 aromatic heterocycles. The summed E-state index contributed by atoms with van der Waals surface area (Å²) in [4.78, 5) is 14.5. The van der Waals surface area contributed by atoms with E-state index < -0.39 is 0 Å². The number of likely N-dealkylation sites (tertiary alicyclic amines) is 1. The van der Waals surface area contributed by atoms with Crippen molar-refractivity contribution in [1.29, 1.82) is 0 Å². The van der Waals surface area contributed by atoms with Gasteiger partial charge in [-0.05, 0) is 50.6 Å². The smallest absolute Gasteiger partial charge is 0.273 e. The number of carbonyl (C=O) groups excluding carboxylic acids is 1. The Labute approximate surface area is 140 Å². The predicted molar refractivity (Wildman–Crippen MR) is 88.2 cm³/mol. The highest BCUT2D eigenvalue weighted by atomic mass is 19.1. The number of carbonyl (C=O) groups is 1. The maximum Gasteiger partial charge on any atom is 0.273 e. The number of nitrogens with one attached hydrogen (secondary N) is 1. The van der Waals surface area contributed by atoms with Gasteiger partial charge in [-0.2, -0.15) is 0 Å². The van der Waals surface area contributed by atoms with Crippen LogP contribution in [0, 0.1) is 5.82 Å². The Morgan fingerprint density at radius 2 is 2.17 bits per heavy atom. The predicted octanol–water partition coefficient (Wildman–Crippen LogP) is 1.85. The average Bonchev–Trinajstić information content (AvgIpc) is 3.26. The van der Waals surface area contributed by atoms with Gasteiger partial charge in [0.25, 0.3) is 5.91 Å². The van der Waals surface area contributed by atoms with Crippen molar-refractivity contribution in [2.24, 2.45) is 0 Å². The lowest BCUT2D eigenvalue weighted by Crippen LogP contribution is -2.33. The van der Waals surface area contributed by atoms with Crippen LogP contribution in [-0.4, -0.2) is 52.0 Å². The third kappa shape index (κ3) is 3.97. The molecule has 1 atom stereocenters. The van der Waals surface area contributed by atoms with Crippen molar-refractivity contribution in [3.63, 3.8) is 0 Å². The molecule has 0 bridgehead atoms. The van der Waals surface area contributed by atoms with Crippen LogP contribution < -0.4 is 5.32 Å². The van der Waals surface area contributed by atoms with Crippen molar-refractivity contribution >= 4 is 5.91 Å². The Balaban J connectivity index is 1.56. The molecule has 1 saturated heterocycles. The molecule has 1 aliphatic heterocycles. The maximum absolute atomic E-state index is 13.3. The second-order valence-electron chi connectivity index (χ2n) is 6.12. The summed E-state index contributed by atoms with van der Waals surface area (Å²) in [6.07, 6.45) is 4.07. The van der Waals surface area contributed by atoms with Gasteiger partial charge in [0.2, 0.25) is 0 Å². The normalized spacial score (nSPS) is 16.2. The van der Waals surface area contributed by atoms with Crippen LogP contribution in [0.2, 0.25) is 0 Å². The molecule has 2 heterocycles. The van der Waals surface area contributed by atoms with E-state index >= 15 is 0 Å². The van der Waals surface area contributed by atoms with E-state index in [9.17, 15) is 9.18 Å². The lowest BCUT2D eigenvalue weighted by atomic mass is 10.1. The number of rotatable bonds is 6. The Kier molecular flexibility index (Phi) is 5.20. The molecule has 0 saturated carbocycles. The van der Waals surface area contributed by atoms with E-state index in [2.05, 4.69) is 20.5 Å².